The van der Waals surface area contributed by atoms with Gasteiger partial charge in [-0.15, -0.1) is 0 Å². The van der Waals surface area contributed by atoms with Crippen LogP contribution in [0.25, 0.3) is 0 Å². The van der Waals surface area contributed by atoms with Crippen molar-refractivity contribution in [2.45, 2.75) is 39.2 Å². The first-order valence-electron chi connectivity index (χ1n) is 6.07. The summed E-state index contributed by atoms with van der Waals surface area (Å²) in [5, 5.41) is 0.934. The number of fused-ring (bicyclic) bond motifs is 1. The second-order valence-corrected chi connectivity index (χ2v) is 5.55. The van der Waals surface area contributed by atoms with Crippen LogP contribution < -0.4 is 0 Å². The minimum absolute atomic E-state index is 0.513. The summed E-state index contributed by atoms with van der Waals surface area (Å²) >= 11 is 6.34. The van der Waals surface area contributed by atoms with Gasteiger partial charge < -0.3 is 4.90 Å². The third-order valence-corrected chi connectivity index (χ3v) is 3.69. The van der Waals surface area contributed by atoms with Crippen molar-refractivity contribution in [3.05, 3.63) is 33.8 Å². The summed E-state index contributed by atoms with van der Waals surface area (Å²) in [6.07, 6.45) is 2.44. The zero-order valence-corrected chi connectivity index (χ0v) is 11.1. The van der Waals surface area contributed by atoms with Crippen LogP contribution in [0.15, 0.2) is 12.1 Å². The van der Waals surface area contributed by atoms with Crippen LogP contribution in [0.5, 0.6) is 0 Å². The molecule has 0 saturated heterocycles. The molecule has 88 valence electrons. The average molecular weight is 238 g/mol. The molecule has 0 amide bonds. The van der Waals surface area contributed by atoms with E-state index in [2.05, 4.69) is 37.9 Å². The van der Waals surface area contributed by atoms with Gasteiger partial charge in [-0.05, 0) is 55.1 Å². The number of halogens is 1. The largest absolute Gasteiger partial charge is 0.302 e. The van der Waals surface area contributed by atoms with E-state index in [0.717, 1.165) is 11.6 Å². The maximum Gasteiger partial charge on any atom is 0.0444 e. The fourth-order valence-corrected chi connectivity index (χ4v) is 2.81. The Morgan fingerprint density at radius 3 is 2.69 bits per heavy atom. The van der Waals surface area contributed by atoms with Gasteiger partial charge in [0.05, 0.1) is 0 Å². The smallest absolute Gasteiger partial charge is 0.0444 e. The Morgan fingerprint density at radius 1 is 1.25 bits per heavy atom. The standard InChI is InChI=1S/C14H20ClN/c1-10(2)13-7-11-5-4-6-16(3)9-12(11)8-14(13)15/h7-8,10H,4-6,9H2,1-3H3. The summed E-state index contributed by atoms with van der Waals surface area (Å²) in [5.41, 5.74) is 4.21. The Labute approximate surface area is 103 Å². The Bertz CT molecular complexity index is 385. The van der Waals surface area contributed by atoms with E-state index < -0.39 is 0 Å². The number of aryl methyl sites for hydroxylation is 1. The maximum absolute atomic E-state index is 6.34. The van der Waals surface area contributed by atoms with Gasteiger partial charge in [-0.25, -0.2) is 0 Å². The predicted molar refractivity (Wildman–Crippen MR) is 70.2 cm³/mol. The lowest BCUT2D eigenvalue weighted by atomic mass is 9.95. The fraction of sp³-hybridized carbons (Fsp3) is 0.571. The molecule has 1 aromatic rings. The molecule has 0 saturated carbocycles. The molecule has 0 unspecified atom stereocenters. The first kappa shape index (κ1) is 11.9. The molecule has 0 aromatic heterocycles. The summed E-state index contributed by atoms with van der Waals surface area (Å²) < 4.78 is 0. The van der Waals surface area contributed by atoms with Gasteiger partial charge >= 0.3 is 0 Å². The van der Waals surface area contributed by atoms with Crippen LogP contribution in [0.4, 0.5) is 0 Å². The quantitative estimate of drug-likeness (QED) is 0.718. The van der Waals surface area contributed by atoms with Gasteiger partial charge in [-0.3, -0.25) is 0 Å². The van der Waals surface area contributed by atoms with Crippen molar-refractivity contribution in [1.29, 1.82) is 0 Å². The van der Waals surface area contributed by atoms with Crippen LogP contribution in [0.3, 0.4) is 0 Å². The maximum atomic E-state index is 6.34. The van der Waals surface area contributed by atoms with Gasteiger partial charge in [-0.1, -0.05) is 31.5 Å². The fourth-order valence-electron chi connectivity index (χ4n) is 2.41. The summed E-state index contributed by atoms with van der Waals surface area (Å²) in [5.74, 6) is 0.513. The summed E-state index contributed by atoms with van der Waals surface area (Å²) in [7, 11) is 2.18. The summed E-state index contributed by atoms with van der Waals surface area (Å²) in [6, 6.07) is 4.50. The Morgan fingerprint density at radius 2 is 2.00 bits per heavy atom. The van der Waals surface area contributed by atoms with Crippen molar-refractivity contribution < 1.29 is 0 Å². The molecule has 0 fully saturated rings. The van der Waals surface area contributed by atoms with Gasteiger partial charge in [0, 0.05) is 11.6 Å². The minimum atomic E-state index is 0.513. The van der Waals surface area contributed by atoms with Crippen molar-refractivity contribution in [3.8, 4) is 0 Å². The van der Waals surface area contributed by atoms with E-state index in [0.29, 0.717) is 5.92 Å². The molecular formula is C14H20ClN. The van der Waals surface area contributed by atoms with E-state index in [9.17, 15) is 0 Å². The van der Waals surface area contributed by atoms with Gasteiger partial charge in [0.25, 0.3) is 0 Å². The molecule has 0 N–H and O–H groups in total. The van der Waals surface area contributed by atoms with E-state index in [-0.39, 0.29) is 0 Å². The highest BCUT2D eigenvalue weighted by atomic mass is 35.5. The first-order valence-corrected chi connectivity index (χ1v) is 6.45. The van der Waals surface area contributed by atoms with Gasteiger partial charge in [-0.2, -0.15) is 0 Å². The van der Waals surface area contributed by atoms with Gasteiger partial charge in [0.1, 0.15) is 0 Å². The predicted octanol–water partition coefficient (Wildman–Crippen LogP) is 3.84. The number of rotatable bonds is 1. The molecule has 2 rings (SSSR count). The monoisotopic (exact) mass is 237 g/mol. The molecule has 1 aliphatic heterocycles. The summed E-state index contributed by atoms with van der Waals surface area (Å²) in [4.78, 5) is 2.37. The lowest BCUT2D eigenvalue weighted by molar-refractivity contribution is 0.332. The van der Waals surface area contributed by atoms with Crippen molar-refractivity contribution in [3.63, 3.8) is 0 Å². The lowest BCUT2D eigenvalue weighted by Gasteiger charge is -2.16. The number of nitrogens with zero attached hydrogens (tertiary/aromatic N) is 1. The van der Waals surface area contributed by atoms with Gasteiger partial charge in [0.2, 0.25) is 0 Å². The molecule has 2 heteroatoms. The van der Waals surface area contributed by atoms with E-state index in [1.165, 1.54) is 36.1 Å². The zero-order valence-electron chi connectivity index (χ0n) is 10.4. The van der Waals surface area contributed by atoms with Crippen LogP contribution in [0.2, 0.25) is 5.02 Å². The highest BCUT2D eigenvalue weighted by molar-refractivity contribution is 6.31. The third-order valence-electron chi connectivity index (χ3n) is 3.37. The van der Waals surface area contributed by atoms with E-state index in [1.807, 2.05) is 0 Å². The van der Waals surface area contributed by atoms with E-state index >= 15 is 0 Å². The second-order valence-electron chi connectivity index (χ2n) is 5.14. The Hall–Kier alpha value is -0.530. The van der Waals surface area contributed by atoms with E-state index in [1.54, 1.807) is 0 Å². The molecule has 0 radical (unpaired) electrons. The minimum Gasteiger partial charge on any atom is -0.302 e. The Kier molecular flexibility index (Phi) is 3.56. The van der Waals surface area contributed by atoms with Crippen molar-refractivity contribution in [1.82, 2.24) is 4.90 Å². The second kappa shape index (κ2) is 4.77. The SMILES string of the molecule is CC(C)c1cc2c(cc1Cl)CN(C)CCC2. The molecular weight excluding hydrogens is 218 g/mol. The Balaban J connectivity index is 2.41. The molecule has 1 nitrogen and oxygen atoms in total. The molecule has 0 spiro atoms. The molecule has 1 aromatic carbocycles. The van der Waals surface area contributed by atoms with Crippen LogP contribution in [0.1, 0.15) is 42.9 Å². The van der Waals surface area contributed by atoms with Crippen molar-refractivity contribution >= 4 is 11.6 Å². The lowest BCUT2D eigenvalue weighted by Crippen LogP contribution is -2.17. The van der Waals surface area contributed by atoms with Crippen LogP contribution in [-0.2, 0) is 13.0 Å². The number of hydrogen-bond acceptors (Lipinski definition) is 1. The van der Waals surface area contributed by atoms with E-state index in [4.69, 9.17) is 11.6 Å². The molecule has 0 aliphatic carbocycles. The zero-order chi connectivity index (χ0) is 11.7. The third kappa shape index (κ3) is 2.41. The molecule has 1 aliphatic rings. The molecule has 0 atom stereocenters. The molecule has 0 bridgehead atoms. The number of benzene rings is 1. The highest BCUT2D eigenvalue weighted by Crippen LogP contribution is 2.30. The van der Waals surface area contributed by atoms with Gasteiger partial charge in [0.15, 0.2) is 0 Å². The number of hydrogen-bond donors (Lipinski definition) is 0. The average Bonchev–Trinajstić information content (AvgIpc) is 2.36. The van der Waals surface area contributed by atoms with Crippen LogP contribution in [-0.4, -0.2) is 18.5 Å². The van der Waals surface area contributed by atoms with Crippen LogP contribution >= 0.6 is 11.6 Å². The van der Waals surface area contributed by atoms with Crippen molar-refractivity contribution in [2.75, 3.05) is 13.6 Å². The topological polar surface area (TPSA) is 3.24 Å². The first-order chi connectivity index (χ1) is 7.58. The molecule has 16 heavy (non-hydrogen) atoms. The molecule has 1 heterocycles. The highest BCUT2D eigenvalue weighted by Gasteiger charge is 2.15. The normalized spacial score (nSPS) is 17.3. The summed E-state index contributed by atoms with van der Waals surface area (Å²) in [6.45, 7) is 6.63. The van der Waals surface area contributed by atoms with Crippen LogP contribution in [0, 0.1) is 0 Å². The van der Waals surface area contributed by atoms with Crippen molar-refractivity contribution in [2.24, 2.45) is 0 Å².